The average molecular weight is 299 g/mol. The fraction of sp³-hybridized carbons (Fsp3) is 0.429. The number of ether oxygens (including phenoxy) is 1. The summed E-state index contributed by atoms with van der Waals surface area (Å²) in [4.78, 5) is 23.3. The highest BCUT2D eigenvalue weighted by Gasteiger charge is 2.27. The van der Waals surface area contributed by atoms with Crippen LogP contribution in [0.4, 0.5) is 0 Å². The van der Waals surface area contributed by atoms with Crippen molar-refractivity contribution in [3.8, 4) is 0 Å². The van der Waals surface area contributed by atoms with Crippen LogP contribution in [0.25, 0.3) is 0 Å². The normalized spacial score (nSPS) is 21.4. The fourth-order valence-corrected chi connectivity index (χ4v) is 2.18. The Morgan fingerprint density at radius 2 is 1.95 bits per heavy atom. The third-order valence-corrected chi connectivity index (χ3v) is 3.27. The molecule has 0 unspecified atom stereocenters. The Morgan fingerprint density at radius 1 is 1.25 bits per heavy atom. The molecule has 0 bridgehead atoms. The number of methoxy groups -OCH3 is 1. The van der Waals surface area contributed by atoms with Crippen LogP contribution in [0.1, 0.15) is 23.2 Å². The van der Waals surface area contributed by atoms with Gasteiger partial charge in [-0.15, -0.1) is 12.4 Å². The predicted octanol–water partition coefficient (Wildman–Crippen LogP) is 1.13. The van der Waals surface area contributed by atoms with Crippen LogP contribution in [-0.4, -0.2) is 37.6 Å². The van der Waals surface area contributed by atoms with Gasteiger partial charge in [-0.25, -0.2) is 0 Å². The Labute approximate surface area is 124 Å². The number of halogens is 1. The lowest BCUT2D eigenvalue weighted by Crippen LogP contribution is -2.52. The van der Waals surface area contributed by atoms with Crippen LogP contribution in [-0.2, 0) is 9.53 Å². The number of amides is 1. The summed E-state index contributed by atoms with van der Waals surface area (Å²) in [6, 6.07) is 8.90. The lowest BCUT2D eigenvalue weighted by Gasteiger charge is -2.28. The van der Waals surface area contributed by atoms with E-state index in [0.29, 0.717) is 18.5 Å². The summed E-state index contributed by atoms with van der Waals surface area (Å²) in [7, 11) is 1.38. The molecule has 6 heteroatoms. The van der Waals surface area contributed by atoms with Crippen LogP contribution in [0.5, 0.6) is 0 Å². The lowest BCUT2D eigenvalue weighted by atomic mass is 10.0. The van der Waals surface area contributed by atoms with Gasteiger partial charge in [0, 0.05) is 18.2 Å². The van der Waals surface area contributed by atoms with Gasteiger partial charge in [0.25, 0.3) is 5.91 Å². The van der Waals surface area contributed by atoms with Crippen LogP contribution in [0.2, 0.25) is 0 Å². The molecule has 1 aliphatic rings. The minimum absolute atomic E-state index is 0. The predicted molar refractivity (Wildman–Crippen MR) is 78.0 cm³/mol. The number of esters is 1. The summed E-state index contributed by atoms with van der Waals surface area (Å²) in [6.07, 6.45) is 1.44. The second kappa shape index (κ2) is 7.87. The van der Waals surface area contributed by atoms with E-state index >= 15 is 0 Å². The van der Waals surface area contributed by atoms with Gasteiger partial charge in [-0.3, -0.25) is 9.59 Å². The average Bonchev–Trinajstić information content (AvgIpc) is 2.48. The van der Waals surface area contributed by atoms with Gasteiger partial charge in [-0.1, -0.05) is 18.2 Å². The molecule has 110 valence electrons. The Balaban J connectivity index is 0.00000200. The topological polar surface area (TPSA) is 67.4 Å². The molecule has 1 aromatic rings. The quantitative estimate of drug-likeness (QED) is 0.821. The second-order valence-corrected chi connectivity index (χ2v) is 4.60. The number of hydrogen-bond donors (Lipinski definition) is 2. The van der Waals surface area contributed by atoms with Crippen molar-refractivity contribution in [3.05, 3.63) is 35.9 Å². The summed E-state index contributed by atoms with van der Waals surface area (Å²) in [5.41, 5.74) is 0.651. The molecular formula is C14H19ClN2O3. The number of benzene rings is 1. The monoisotopic (exact) mass is 298 g/mol. The third kappa shape index (κ3) is 4.21. The van der Waals surface area contributed by atoms with Crippen molar-refractivity contribution in [2.75, 3.05) is 13.7 Å². The Bertz CT molecular complexity index is 445. The molecule has 0 aliphatic carbocycles. The van der Waals surface area contributed by atoms with E-state index in [1.54, 1.807) is 12.1 Å². The summed E-state index contributed by atoms with van der Waals surface area (Å²) in [5, 5.41) is 6.05. The number of nitrogens with one attached hydrogen (secondary N) is 2. The van der Waals surface area contributed by atoms with Crippen molar-refractivity contribution in [3.63, 3.8) is 0 Å². The van der Waals surface area contributed by atoms with E-state index in [9.17, 15) is 9.59 Å². The highest BCUT2D eigenvalue weighted by atomic mass is 35.5. The van der Waals surface area contributed by atoms with Gasteiger partial charge in [0.15, 0.2) is 0 Å². The first kappa shape index (κ1) is 16.5. The van der Waals surface area contributed by atoms with E-state index in [4.69, 9.17) is 0 Å². The number of carbonyl (C=O) groups excluding carboxylic acids is 2. The summed E-state index contributed by atoms with van der Waals surface area (Å²) >= 11 is 0. The minimum Gasteiger partial charge on any atom is -0.468 e. The van der Waals surface area contributed by atoms with E-state index in [0.717, 1.165) is 6.42 Å². The standard InChI is InChI=1S/C14H18N2O3.ClH/c1-19-14(18)12-8-7-11(9-15-12)16-13(17)10-5-3-2-4-6-10;/h2-6,11-12,15H,7-9H2,1H3,(H,16,17);1H/t11-,12+;/m0./s1. The maximum Gasteiger partial charge on any atom is 0.322 e. The van der Waals surface area contributed by atoms with Crippen LogP contribution >= 0.6 is 12.4 Å². The van der Waals surface area contributed by atoms with Crippen LogP contribution in [0.15, 0.2) is 30.3 Å². The number of piperidine rings is 1. The molecule has 1 aliphatic heterocycles. The van der Waals surface area contributed by atoms with Gasteiger partial charge in [0.2, 0.25) is 0 Å². The smallest absolute Gasteiger partial charge is 0.322 e. The molecule has 2 N–H and O–H groups in total. The largest absolute Gasteiger partial charge is 0.468 e. The van der Waals surface area contributed by atoms with Crippen molar-refractivity contribution in [2.45, 2.75) is 24.9 Å². The molecule has 0 radical (unpaired) electrons. The van der Waals surface area contributed by atoms with E-state index in [1.165, 1.54) is 7.11 Å². The van der Waals surface area contributed by atoms with Crippen molar-refractivity contribution < 1.29 is 14.3 Å². The van der Waals surface area contributed by atoms with Gasteiger partial charge < -0.3 is 15.4 Å². The first-order chi connectivity index (χ1) is 9.20. The Morgan fingerprint density at radius 3 is 2.50 bits per heavy atom. The molecule has 5 nitrogen and oxygen atoms in total. The molecule has 1 heterocycles. The molecule has 0 aromatic heterocycles. The van der Waals surface area contributed by atoms with Crippen molar-refractivity contribution in [1.82, 2.24) is 10.6 Å². The van der Waals surface area contributed by atoms with E-state index in [-0.39, 0.29) is 36.4 Å². The first-order valence-electron chi connectivity index (χ1n) is 6.38. The summed E-state index contributed by atoms with van der Waals surface area (Å²) < 4.78 is 4.69. The van der Waals surface area contributed by atoms with E-state index in [1.807, 2.05) is 18.2 Å². The van der Waals surface area contributed by atoms with Crippen molar-refractivity contribution >= 4 is 24.3 Å². The van der Waals surface area contributed by atoms with Gasteiger partial charge in [-0.05, 0) is 25.0 Å². The maximum absolute atomic E-state index is 12.0. The van der Waals surface area contributed by atoms with Crippen LogP contribution < -0.4 is 10.6 Å². The van der Waals surface area contributed by atoms with E-state index in [2.05, 4.69) is 15.4 Å². The molecule has 1 saturated heterocycles. The van der Waals surface area contributed by atoms with Crippen LogP contribution in [0.3, 0.4) is 0 Å². The molecule has 1 amide bonds. The molecule has 2 rings (SSSR count). The van der Waals surface area contributed by atoms with Gasteiger partial charge >= 0.3 is 5.97 Å². The molecule has 1 fully saturated rings. The molecule has 0 spiro atoms. The van der Waals surface area contributed by atoms with Gasteiger partial charge in [0.1, 0.15) is 6.04 Å². The lowest BCUT2D eigenvalue weighted by molar-refractivity contribution is -0.143. The highest BCUT2D eigenvalue weighted by molar-refractivity contribution is 5.94. The Hall–Kier alpha value is -1.59. The van der Waals surface area contributed by atoms with Crippen LogP contribution in [0, 0.1) is 0 Å². The molecule has 20 heavy (non-hydrogen) atoms. The minimum atomic E-state index is -0.255. The summed E-state index contributed by atoms with van der Waals surface area (Å²) in [5.74, 6) is -0.322. The highest BCUT2D eigenvalue weighted by Crippen LogP contribution is 2.10. The number of hydrogen-bond acceptors (Lipinski definition) is 4. The summed E-state index contributed by atoms with van der Waals surface area (Å²) in [6.45, 7) is 0.582. The first-order valence-corrected chi connectivity index (χ1v) is 6.38. The zero-order valence-electron chi connectivity index (χ0n) is 11.3. The third-order valence-electron chi connectivity index (χ3n) is 3.27. The second-order valence-electron chi connectivity index (χ2n) is 4.60. The zero-order chi connectivity index (χ0) is 13.7. The SMILES string of the molecule is COC(=O)[C@H]1CC[C@H](NC(=O)c2ccccc2)CN1.Cl. The maximum atomic E-state index is 12.0. The zero-order valence-corrected chi connectivity index (χ0v) is 12.1. The van der Waals surface area contributed by atoms with Gasteiger partial charge in [-0.2, -0.15) is 0 Å². The molecule has 1 aromatic carbocycles. The number of carbonyl (C=O) groups is 2. The molecular weight excluding hydrogens is 280 g/mol. The van der Waals surface area contributed by atoms with Crippen molar-refractivity contribution in [1.29, 1.82) is 0 Å². The Kier molecular flexibility index (Phi) is 6.48. The van der Waals surface area contributed by atoms with Gasteiger partial charge in [0.05, 0.1) is 7.11 Å². The molecule has 0 saturated carbocycles. The fourth-order valence-electron chi connectivity index (χ4n) is 2.18. The molecule has 2 atom stereocenters. The van der Waals surface area contributed by atoms with E-state index < -0.39 is 0 Å². The van der Waals surface area contributed by atoms with Crippen molar-refractivity contribution in [2.24, 2.45) is 0 Å². The number of rotatable bonds is 3.